The highest BCUT2D eigenvalue weighted by atomic mass is 79.9. The van der Waals surface area contributed by atoms with Crippen molar-refractivity contribution >= 4 is 39.0 Å². The van der Waals surface area contributed by atoms with Gasteiger partial charge >= 0.3 is 5.97 Å². The third-order valence-corrected chi connectivity index (χ3v) is 3.43. The first-order valence-electron chi connectivity index (χ1n) is 5.74. The van der Waals surface area contributed by atoms with E-state index in [1.807, 2.05) is 18.2 Å². The molecule has 0 heterocycles. The predicted molar refractivity (Wildman–Crippen MR) is 81.8 cm³/mol. The first-order valence-corrected chi connectivity index (χ1v) is 6.54. The number of anilines is 3. The Hall–Kier alpha value is -2.21. The van der Waals surface area contributed by atoms with Crippen molar-refractivity contribution in [3.8, 4) is 5.75 Å². The van der Waals surface area contributed by atoms with Gasteiger partial charge in [0.15, 0.2) is 0 Å². The average Bonchev–Trinajstić information content (AvgIpc) is 2.41. The molecule has 0 saturated heterocycles. The first-order chi connectivity index (χ1) is 9.51. The number of nitrogens with one attached hydrogen (secondary N) is 1. The minimum atomic E-state index is -1.04. The van der Waals surface area contributed by atoms with Crippen LogP contribution in [-0.4, -0.2) is 18.2 Å². The third kappa shape index (κ3) is 3.03. The van der Waals surface area contributed by atoms with Gasteiger partial charge in [0.2, 0.25) is 0 Å². The maximum atomic E-state index is 10.9. The second kappa shape index (κ2) is 5.83. The van der Waals surface area contributed by atoms with Crippen LogP contribution in [-0.2, 0) is 0 Å². The van der Waals surface area contributed by atoms with Gasteiger partial charge in [-0.05, 0) is 46.3 Å². The standard InChI is InChI=1S/C14H13BrN2O3/c1-20-9-3-5-11(15)13(7-9)17-8-2-4-10(14(18)19)12(16)6-8/h2-7,17H,16H2,1H3,(H,18,19). The van der Waals surface area contributed by atoms with Crippen molar-refractivity contribution in [3.05, 3.63) is 46.4 Å². The number of benzene rings is 2. The van der Waals surface area contributed by atoms with E-state index in [1.165, 1.54) is 6.07 Å². The molecule has 0 amide bonds. The van der Waals surface area contributed by atoms with Crippen molar-refractivity contribution in [2.75, 3.05) is 18.2 Å². The number of rotatable bonds is 4. The van der Waals surface area contributed by atoms with Crippen LogP contribution in [0.15, 0.2) is 40.9 Å². The number of ether oxygens (including phenoxy) is 1. The SMILES string of the molecule is COc1ccc(Br)c(Nc2ccc(C(=O)O)c(N)c2)c1. The van der Waals surface area contributed by atoms with Gasteiger partial charge in [0, 0.05) is 21.9 Å². The van der Waals surface area contributed by atoms with Gasteiger partial charge in [0.05, 0.1) is 18.4 Å². The summed E-state index contributed by atoms with van der Waals surface area (Å²) in [7, 11) is 1.59. The lowest BCUT2D eigenvalue weighted by Gasteiger charge is -2.11. The van der Waals surface area contributed by atoms with Gasteiger partial charge in [0.1, 0.15) is 5.75 Å². The van der Waals surface area contributed by atoms with Crippen molar-refractivity contribution in [2.45, 2.75) is 0 Å². The van der Waals surface area contributed by atoms with Crippen LogP contribution in [0.25, 0.3) is 0 Å². The highest BCUT2D eigenvalue weighted by Crippen LogP contribution is 2.30. The maximum absolute atomic E-state index is 10.9. The number of carboxylic acids is 1. The second-order valence-corrected chi connectivity index (χ2v) is 4.93. The summed E-state index contributed by atoms with van der Waals surface area (Å²) in [5, 5.41) is 12.1. The lowest BCUT2D eigenvalue weighted by molar-refractivity contribution is 0.0698. The molecule has 0 bridgehead atoms. The van der Waals surface area contributed by atoms with Gasteiger partial charge in [0.25, 0.3) is 0 Å². The molecular formula is C14H13BrN2O3. The Morgan fingerprint density at radius 1 is 1.30 bits per heavy atom. The van der Waals surface area contributed by atoms with Crippen LogP contribution in [0.1, 0.15) is 10.4 Å². The van der Waals surface area contributed by atoms with Crippen molar-refractivity contribution < 1.29 is 14.6 Å². The Kier molecular flexibility index (Phi) is 4.14. The van der Waals surface area contributed by atoms with Gasteiger partial charge in [-0.15, -0.1) is 0 Å². The third-order valence-electron chi connectivity index (χ3n) is 2.73. The van der Waals surface area contributed by atoms with Crippen LogP contribution >= 0.6 is 15.9 Å². The summed E-state index contributed by atoms with van der Waals surface area (Å²) in [5.74, 6) is -0.331. The minimum absolute atomic E-state index is 0.0836. The van der Waals surface area contributed by atoms with E-state index in [4.69, 9.17) is 15.6 Å². The molecule has 20 heavy (non-hydrogen) atoms. The molecule has 0 saturated carbocycles. The number of hydrogen-bond donors (Lipinski definition) is 3. The molecule has 0 aliphatic heterocycles. The van der Waals surface area contributed by atoms with E-state index in [-0.39, 0.29) is 11.3 Å². The number of carbonyl (C=O) groups is 1. The van der Waals surface area contributed by atoms with Crippen LogP contribution < -0.4 is 15.8 Å². The van der Waals surface area contributed by atoms with Gasteiger partial charge in [-0.25, -0.2) is 4.79 Å². The quantitative estimate of drug-likeness (QED) is 0.744. The van der Waals surface area contributed by atoms with Gasteiger partial charge in [-0.2, -0.15) is 0 Å². The van der Waals surface area contributed by atoms with E-state index in [0.29, 0.717) is 11.4 Å². The molecule has 0 aliphatic carbocycles. The van der Waals surface area contributed by atoms with Crippen LogP contribution in [0.4, 0.5) is 17.1 Å². The van der Waals surface area contributed by atoms with Gasteiger partial charge < -0.3 is 20.9 Å². The van der Waals surface area contributed by atoms with E-state index in [1.54, 1.807) is 19.2 Å². The smallest absolute Gasteiger partial charge is 0.337 e. The minimum Gasteiger partial charge on any atom is -0.497 e. The molecule has 6 heteroatoms. The van der Waals surface area contributed by atoms with Gasteiger partial charge in [-0.1, -0.05) is 0 Å². The number of nitrogens with two attached hydrogens (primary N) is 1. The van der Waals surface area contributed by atoms with E-state index in [9.17, 15) is 4.79 Å². The number of carboxylic acid groups (broad SMARTS) is 1. The van der Waals surface area contributed by atoms with Crippen molar-refractivity contribution in [1.29, 1.82) is 0 Å². The molecule has 2 aromatic carbocycles. The summed E-state index contributed by atoms with van der Waals surface area (Å²) in [6.45, 7) is 0. The zero-order valence-electron chi connectivity index (χ0n) is 10.7. The molecule has 0 spiro atoms. The lowest BCUT2D eigenvalue weighted by Crippen LogP contribution is -2.03. The fraction of sp³-hybridized carbons (Fsp3) is 0.0714. The molecule has 0 unspecified atom stereocenters. The summed E-state index contributed by atoms with van der Waals surface area (Å²) < 4.78 is 6.02. The maximum Gasteiger partial charge on any atom is 0.337 e. The Bertz CT molecular complexity index is 659. The number of aromatic carboxylic acids is 1. The summed E-state index contributed by atoms with van der Waals surface area (Å²) >= 11 is 3.43. The summed E-state index contributed by atoms with van der Waals surface area (Å²) in [5.41, 5.74) is 7.50. The fourth-order valence-corrected chi connectivity index (χ4v) is 2.06. The normalized spacial score (nSPS) is 10.1. The number of nitrogen functional groups attached to an aromatic ring is 1. The zero-order chi connectivity index (χ0) is 14.7. The van der Waals surface area contributed by atoms with Crippen molar-refractivity contribution in [1.82, 2.24) is 0 Å². The molecule has 0 fully saturated rings. The topological polar surface area (TPSA) is 84.6 Å². The number of methoxy groups -OCH3 is 1. The highest BCUT2D eigenvalue weighted by molar-refractivity contribution is 9.10. The molecular weight excluding hydrogens is 324 g/mol. The van der Waals surface area contributed by atoms with E-state index < -0.39 is 5.97 Å². The molecule has 2 rings (SSSR count). The Labute approximate surface area is 124 Å². The van der Waals surface area contributed by atoms with Crippen molar-refractivity contribution in [3.63, 3.8) is 0 Å². The van der Waals surface area contributed by atoms with Crippen molar-refractivity contribution in [2.24, 2.45) is 0 Å². The highest BCUT2D eigenvalue weighted by Gasteiger charge is 2.09. The molecule has 0 radical (unpaired) electrons. The van der Waals surface area contributed by atoms with Crippen LogP contribution in [0, 0.1) is 0 Å². The summed E-state index contributed by atoms with van der Waals surface area (Å²) in [6.07, 6.45) is 0. The Balaban J connectivity index is 2.30. The zero-order valence-corrected chi connectivity index (χ0v) is 12.3. The first kappa shape index (κ1) is 14.2. The molecule has 2 aromatic rings. The van der Waals surface area contributed by atoms with E-state index >= 15 is 0 Å². The lowest BCUT2D eigenvalue weighted by atomic mass is 10.1. The molecule has 0 aromatic heterocycles. The number of hydrogen-bond acceptors (Lipinski definition) is 4. The predicted octanol–water partition coefficient (Wildman–Crippen LogP) is 3.48. The monoisotopic (exact) mass is 336 g/mol. The van der Waals surface area contributed by atoms with Crippen LogP contribution in [0.5, 0.6) is 5.75 Å². The Morgan fingerprint density at radius 3 is 2.65 bits per heavy atom. The molecule has 5 nitrogen and oxygen atoms in total. The molecule has 0 aliphatic rings. The fourth-order valence-electron chi connectivity index (χ4n) is 1.72. The average molecular weight is 337 g/mol. The van der Waals surface area contributed by atoms with Crippen LogP contribution in [0.2, 0.25) is 0 Å². The van der Waals surface area contributed by atoms with Crippen LogP contribution in [0.3, 0.4) is 0 Å². The summed E-state index contributed by atoms with van der Waals surface area (Å²) in [4.78, 5) is 10.9. The van der Waals surface area contributed by atoms with Gasteiger partial charge in [-0.3, -0.25) is 0 Å². The molecule has 0 atom stereocenters. The Morgan fingerprint density at radius 2 is 2.05 bits per heavy atom. The van der Waals surface area contributed by atoms with E-state index in [0.717, 1.165) is 10.2 Å². The second-order valence-electron chi connectivity index (χ2n) is 4.08. The molecule has 104 valence electrons. The summed E-state index contributed by atoms with van der Waals surface area (Å²) in [6, 6.07) is 10.2. The molecule has 4 N–H and O–H groups in total. The van der Waals surface area contributed by atoms with E-state index in [2.05, 4.69) is 21.2 Å². The largest absolute Gasteiger partial charge is 0.497 e. The number of halogens is 1.